The van der Waals surface area contributed by atoms with E-state index in [0.717, 1.165) is 32.6 Å². The van der Waals surface area contributed by atoms with E-state index in [1.807, 2.05) is 0 Å². The van der Waals surface area contributed by atoms with Gasteiger partial charge in [0.2, 0.25) is 0 Å². The largest absolute Gasteiger partial charge is 0.380 e. The molecule has 0 aromatic heterocycles. The zero-order valence-corrected chi connectivity index (χ0v) is 13.6. The monoisotopic (exact) mass is 277 g/mol. The number of hydrogen-bond acceptors (Lipinski definition) is 2. The van der Waals surface area contributed by atoms with E-state index in [1.165, 1.54) is 12.0 Å². The molecule has 0 bridgehead atoms. The highest BCUT2D eigenvalue weighted by atomic mass is 16.5. The maximum absolute atomic E-state index is 5.63. The topological polar surface area (TPSA) is 21.3 Å². The van der Waals surface area contributed by atoms with E-state index in [0.29, 0.717) is 11.5 Å². The second-order valence-corrected chi connectivity index (χ2v) is 6.65. The Bertz CT molecular complexity index is 342. The van der Waals surface area contributed by atoms with Crippen molar-refractivity contribution < 1.29 is 4.74 Å². The average Bonchev–Trinajstić information content (AvgIpc) is 2.41. The van der Waals surface area contributed by atoms with E-state index in [4.69, 9.17) is 4.74 Å². The first kappa shape index (κ1) is 17.2. The second-order valence-electron chi connectivity index (χ2n) is 6.65. The van der Waals surface area contributed by atoms with Crippen LogP contribution in [0.15, 0.2) is 30.3 Å². The maximum atomic E-state index is 5.63. The Kier molecular flexibility index (Phi) is 7.86. The lowest BCUT2D eigenvalue weighted by Crippen LogP contribution is -2.28. The van der Waals surface area contributed by atoms with E-state index in [9.17, 15) is 0 Å². The zero-order chi connectivity index (χ0) is 14.8. The Labute approximate surface area is 124 Å². The molecule has 0 fully saturated rings. The smallest absolute Gasteiger partial charge is 0.0591 e. The Morgan fingerprint density at radius 2 is 1.80 bits per heavy atom. The molecule has 0 radical (unpaired) electrons. The van der Waals surface area contributed by atoms with Crippen LogP contribution in [0.2, 0.25) is 0 Å². The van der Waals surface area contributed by atoms with Gasteiger partial charge in [0.1, 0.15) is 0 Å². The van der Waals surface area contributed by atoms with Crippen LogP contribution in [0.4, 0.5) is 0 Å². The molecule has 0 saturated carbocycles. The number of nitrogens with one attached hydrogen (secondary N) is 1. The third-order valence-corrected chi connectivity index (χ3v) is 3.30. The van der Waals surface area contributed by atoms with Gasteiger partial charge in [-0.1, -0.05) is 64.4 Å². The summed E-state index contributed by atoms with van der Waals surface area (Å²) in [7, 11) is 0. The van der Waals surface area contributed by atoms with Crippen LogP contribution in [0.1, 0.15) is 58.6 Å². The van der Waals surface area contributed by atoms with E-state index in [-0.39, 0.29) is 0 Å². The molecule has 20 heavy (non-hydrogen) atoms. The predicted octanol–water partition coefficient (Wildman–Crippen LogP) is 4.57. The highest BCUT2D eigenvalue weighted by Crippen LogP contribution is 2.29. The lowest BCUT2D eigenvalue weighted by molar-refractivity contribution is 0.129. The molecule has 2 nitrogen and oxygen atoms in total. The third kappa shape index (κ3) is 7.66. The molecular weight excluding hydrogens is 246 g/mol. The first-order valence-corrected chi connectivity index (χ1v) is 7.89. The van der Waals surface area contributed by atoms with Gasteiger partial charge in [0, 0.05) is 19.2 Å². The van der Waals surface area contributed by atoms with Gasteiger partial charge in [0.05, 0.1) is 6.61 Å². The average molecular weight is 277 g/mol. The van der Waals surface area contributed by atoms with Crippen LogP contribution in [0, 0.1) is 5.41 Å². The first-order valence-electron chi connectivity index (χ1n) is 7.89. The molecule has 0 heterocycles. The van der Waals surface area contributed by atoms with Crippen molar-refractivity contribution in [2.45, 2.75) is 53.0 Å². The Hall–Kier alpha value is -0.860. The van der Waals surface area contributed by atoms with Crippen molar-refractivity contribution in [2.75, 3.05) is 19.8 Å². The fourth-order valence-electron chi connectivity index (χ4n) is 2.26. The van der Waals surface area contributed by atoms with Crippen LogP contribution in [0.5, 0.6) is 0 Å². The summed E-state index contributed by atoms with van der Waals surface area (Å²) in [4.78, 5) is 0. The van der Waals surface area contributed by atoms with Gasteiger partial charge >= 0.3 is 0 Å². The Morgan fingerprint density at radius 1 is 1.10 bits per heavy atom. The molecule has 0 aliphatic rings. The van der Waals surface area contributed by atoms with Crippen molar-refractivity contribution >= 4 is 0 Å². The molecule has 1 atom stereocenters. The molecule has 0 amide bonds. The zero-order valence-electron chi connectivity index (χ0n) is 13.6. The Morgan fingerprint density at radius 3 is 2.40 bits per heavy atom. The van der Waals surface area contributed by atoms with E-state index < -0.39 is 0 Å². The minimum Gasteiger partial charge on any atom is -0.380 e. The fraction of sp³-hybridized carbons (Fsp3) is 0.667. The van der Waals surface area contributed by atoms with Gasteiger partial charge in [-0.25, -0.2) is 0 Å². The Balaban J connectivity index is 2.43. The molecule has 1 N–H and O–H groups in total. The van der Waals surface area contributed by atoms with Gasteiger partial charge in [0.15, 0.2) is 0 Å². The summed E-state index contributed by atoms with van der Waals surface area (Å²) < 4.78 is 5.63. The van der Waals surface area contributed by atoms with Gasteiger partial charge in [-0.05, 0) is 23.8 Å². The molecule has 0 aliphatic heterocycles. The summed E-state index contributed by atoms with van der Waals surface area (Å²) in [5, 5.41) is 3.64. The standard InChI is InChI=1S/C18H31NO/c1-5-6-13-20-14-12-19-17(15-18(2,3)4)16-10-8-7-9-11-16/h7-11,17,19H,5-6,12-15H2,1-4H3. The quantitative estimate of drug-likeness (QED) is 0.668. The number of ether oxygens (including phenoxy) is 1. The molecule has 0 aliphatic carbocycles. The van der Waals surface area contributed by atoms with Gasteiger partial charge < -0.3 is 10.1 Å². The van der Waals surface area contributed by atoms with Gasteiger partial charge in [-0.15, -0.1) is 0 Å². The molecule has 0 saturated heterocycles. The van der Waals surface area contributed by atoms with Crippen molar-refractivity contribution in [3.05, 3.63) is 35.9 Å². The predicted molar refractivity (Wildman–Crippen MR) is 87.0 cm³/mol. The van der Waals surface area contributed by atoms with Crippen molar-refractivity contribution in [3.63, 3.8) is 0 Å². The normalized spacial score (nSPS) is 13.4. The number of rotatable bonds is 9. The lowest BCUT2D eigenvalue weighted by atomic mass is 9.85. The summed E-state index contributed by atoms with van der Waals surface area (Å²) in [6.07, 6.45) is 3.49. The third-order valence-electron chi connectivity index (χ3n) is 3.30. The summed E-state index contributed by atoms with van der Waals surface area (Å²) in [6.45, 7) is 11.7. The van der Waals surface area contributed by atoms with Crippen molar-refractivity contribution in [3.8, 4) is 0 Å². The minimum atomic E-state index is 0.316. The lowest BCUT2D eigenvalue weighted by Gasteiger charge is -2.27. The number of unbranched alkanes of at least 4 members (excludes halogenated alkanes) is 1. The molecule has 0 spiro atoms. The van der Waals surface area contributed by atoms with Crippen molar-refractivity contribution in [1.29, 1.82) is 0 Å². The van der Waals surface area contributed by atoms with Gasteiger partial charge in [-0.2, -0.15) is 0 Å². The summed E-state index contributed by atoms with van der Waals surface area (Å²) in [5.74, 6) is 0. The van der Waals surface area contributed by atoms with E-state index >= 15 is 0 Å². The van der Waals surface area contributed by atoms with Crippen LogP contribution in [0.3, 0.4) is 0 Å². The minimum absolute atomic E-state index is 0.316. The highest BCUT2D eigenvalue weighted by Gasteiger charge is 2.19. The molecule has 2 heteroatoms. The maximum Gasteiger partial charge on any atom is 0.0591 e. The fourth-order valence-corrected chi connectivity index (χ4v) is 2.26. The van der Waals surface area contributed by atoms with Crippen LogP contribution in [-0.4, -0.2) is 19.8 Å². The summed E-state index contributed by atoms with van der Waals surface area (Å²) >= 11 is 0. The molecule has 114 valence electrons. The second kappa shape index (κ2) is 9.15. The van der Waals surface area contributed by atoms with E-state index in [1.54, 1.807) is 0 Å². The molecule has 1 unspecified atom stereocenters. The number of benzene rings is 1. The van der Waals surface area contributed by atoms with Crippen molar-refractivity contribution in [1.82, 2.24) is 5.32 Å². The van der Waals surface area contributed by atoms with Crippen LogP contribution in [0.25, 0.3) is 0 Å². The molecule has 1 aromatic carbocycles. The molecule has 1 rings (SSSR count). The molecular formula is C18H31NO. The van der Waals surface area contributed by atoms with Gasteiger partial charge in [-0.3, -0.25) is 0 Å². The van der Waals surface area contributed by atoms with Gasteiger partial charge in [0.25, 0.3) is 0 Å². The molecule has 1 aromatic rings. The SMILES string of the molecule is CCCCOCCNC(CC(C)(C)C)c1ccccc1. The van der Waals surface area contributed by atoms with E-state index in [2.05, 4.69) is 63.3 Å². The van der Waals surface area contributed by atoms with Crippen LogP contribution in [-0.2, 0) is 4.74 Å². The highest BCUT2D eigenvalue weighted by molar-refractivity contribution is 5.19. The first-order chi connectivity index (χ1) is 9.53. The number of hydrogen-bond donors (Lipinski definition) is 1. The van der Waals surface area contributed by atoms with Crippen LogP contribution >= 0.6 is 0 Å². The summed E-state index contributed by atoms with van der Waals surface area (Å²) in [5.41, 5.74) is 1.69. The summed E-state index contributed by atoms with van der Waals surface area (Å²) in [6, 6.07) is 11.1. The van der Waals surface area contributed by atoms with Crippen molar-refractivity contribution in [2.24, 2.45) is 5.41 Å². The van der Waals surface area contributed by atoms with Crippen LogP contribution < -0.4 is 5.32 Å².